The molecule has 1 heterocycles. The Morgan fingerprint density at radius 2 is 1.91 bits per heavy atom. The lowest BCUT2D eigenvalue weighted by Gasteiger charge is -2.23. The zero-order valence-corrected chi connectivity index (χ0v) is 13.4. The summed E-state index contributed by atoms with van der Waals surface area (Å²) in [6.45, 7) is 3.28. The SMILES string of the molecule is COC(=O)C(C)(C)Oc1ccc(C(=NO)c2cccs2)cc1. The number of esters is 1. The average Bonchev–Trinajstić information content (AvgIpc) is 3.02. The first-order chi connectivity index (χ1) is 10.5. The number of hydrogen-bond donors (Lipinski definition) is 1. The molecule has 0 atom stereocenters. The quantitative estimate of drug-likeness (QED) is 0.397. The zero-order chi connectivity index (χ0) is 16.2. The number of hydrogen-bond acceptors (Lipinski definition) is 6. The summed E-state index contributed by atoms with van der Waals surface area (Å²) in [6, 6.07) is 10.8. The van der Waals surface area contributed by atoms with Crippen LogP contribution in [0.25, 0.3) is 0 Å². The lowest BCUT2D eigenvalue weighted by molar-refractivity contribution is -0.156. The van der Waals surface area contributed by atoms with Gasteiger partial charge in [-0.25, -0.2) is 4.79 Å². The van der Waals surface area contributed by atoms with E-state index in [1.807, 2.05) is 17.5 Å². The predicted octanol–water partition coefficient (Wildman–Crippen LogP) is 3.31. The number of methoxy groups -OCH3 is 1. The fourth-order valence-electron chi connectivity index (χ4n) is 1.93. The molecule has 0 saturated carbocycles. The summed E-state index contributed by atoms with van der Waals surface area (Å²) in [6.07, 6.45) is 0. The molecule has 0 radical (unpaired) electrons. The monoisotopic (exact) mass is 319 g/mol. The van der Waals surface area contributed by atoms with Crippen molar-refractivity contribution < 1.29 is 19.5 Å². The van der Waals surface area contributed by atoms with Gasteiger partial charge in [-0.2, -0.15) is 0 Å². The van der Waals surface area contributed by atoms with Gasteiger partial charge in [0.2, 0.25) is 0 Å². The molecule has 0 amide bonds. The van der Waals surface area contributed by atoms with E-state index in [2.05, 4.69) is 5.16 Å². The van der Waals surface area contributed by atoms with Crippen LogP contribution in [0.4, 0.5) is 0 Å². The van der Waals surface area contributed by atoms with E-state index in [9.17, 15) is 10.0 Å². The second-order valence-corrected chi connectivity index (χ2v) is 6.00. The number of ether oxygens (including phenoxy) is 2. The van der Waals surface area contributed by atoms with E-state index in [0.717, 1.165) is 10.4 Å². The molecule has 22 heavy (non-hydrogen) atoms. The maximum Gasteiger partial charge on any atom is 0.349 e. The van der Waals surface area contributed by atoms with Crippen LogP contribution in [0.15, 0.2) is 46.9 Å². The standard InChI is InChI=1S/C16H17NO4S/c1-16(2,15(18)20-3)21-12-8-6-11(7-9-12)14(17-19)13-5-4-10-22-13/h4-10,19H,1-3H3. The smallest absolute Gasteiger partial charge is 0.349 e. The topological polar surface area (TPSA) is 68.1 Å². The van der Waals surface area contributed by atoms with Crippen molar-refractivity contribution in [2.24, 2.45) is 5.16 Å². The number of benzene rings is 1. The molecule has 1 aromatic heterocycles. The van der Waals surface area contributed by atoms with Gasteiger partial charge in [-0.1, -0.05) is 11.2 Å². The Balaban J connectivity index is 2.19. The number of carbonyl (C=O) groups is 1. The van der Waals surface area contributed by atoms with E-state index in [1.165, 1.54) is 18.4 Å². The molecule has 0 unspecified atom stereocenters. The summed E-state index contributed by atoms with van der Waals surface area (Å²) in [5.74, 6) is 0.0791. The highest BCUT2D eigenvalue weighted by Gasteiger charge is 2.31. The van der Waals surface area contributed by atoms with E-state index >= 15 is 0 Å². The molecular formula is C16H17NO4S. The largest absolute Gasteiger partial charge is 0.476 e. The third kappa shape index (κ3) is 3.46. The van der Waals surface area contributed by atoms with Crippen LogP contribution in [-0.2, 0) is 9.53 Å². The van der Waals surface area contributed by atoms with Gasteiger partial charge in [-0.05, 0) is 49.6 Å². The van der Waals surface area contributed by atoms with Crippen molar-refractivity contribution in [3.05, 3.63) is 52.2 Å². The van der Waals surface area contributed by atoms with Crippen molar-refractivity contribution in [2.45, 2.75) is 19.4 Å². The first kappa shape index (κ1) is 16.0. The molecule has 2 rings (SSSR count). The maximum absolute atomic E-state index is 11.6. The summed E-state index contributed by atoms with van der Waals surface area (Å²) >= 11 is 1.49. The number of thiophene rings is 1. The molecule has 1 aromatic carbocycles. The molecule has 0 aliphatic rings. The second-order valence-electron chi connectivity index (χ2n) is 5.05. The van der Waals surface area contributed by atoms with Gasteiger partial charge < -0.3 is 14.7 Å². The third-order valence-corrected chi connectivity index (χ3v) is 3.91. The molecule has 1 N–H and O–H groups in total. The van der Waals surface area contributed by atoms with Crippen LogP contribution in [-0.4, -0.2) is 29.6 Å². The predicted molar refractivity (Wildman–Crippen MR) is 84.9 cm³/mol. The van der Waals surface area contributed by atoms with Gasteiger partial charge in [-0.3, -0.25) is 0 Å². The van der Waals surface area contributed by atoms with Crippen LogP contribution in [0.5, 0.6) is 5.75 Å². The van der Waals surface area contributed by atoms with Crippen molar-refractivity contribution in [3.63, 3.8) is 0 Å². The van der Waals surface area contributed by atoms with Crippen molar-refractivity contribution in [1.29, 1.82) is 0 Å². The van der Waals surface area contributed by atoms with E-state index in [1.54, 1.807) is 38.1 Å². The lowest BCUT2D eigenvalue weighted by Crippen LogP contribution is -2.39. The van der Waals surface area contributed by atoms with Gasteiger partial charge in [0.1, 0.15) is 11.5 Å². The molecule has 0 fully saturated rings. The Kier molecular flexibility index (Phi) is 4.82. The molecule has 5 nitrogen and oxygen atoms in total. The Morgan fingerprint density at radius 3 is 2.41 bits per heavy atom. The van der Waals surface area contributed by atoms with Crippen molar-refractivity contribution in [2.75, 3.05) is 7.11 Å². The molecule has 0 aliphatic heterocycles. The summed E-state index contributed by atoms with van der Waals surface area (Å²) < 4.78 is 10.3. The summed E-state index contributed by atoms with van der Waals surface area (Å²) in [4.78, 5) is 12.5. The third-order valence-electron chi connectivity index (χ3n) is 3.03. The second kappa shape index (κ2) is 6.62. The Labute approximate surface area is 132 Å². The van der Waals surface area contributed by atoms with Crippen LogP contribution in [0, 0.1) is 0 Å². The fourth-order valence-corrected chi connectivity index (χ4v) is 2.66. The van der Waals surface area contributed by atoms with Crippen molar-refractivity contribution in [1.82, 2.24) is 0 Å². The number of rotatable bonds is 5. The highest BCUT2D eigenvalue weighted by Crippen LogP contribution is 2.22. The number of nitrogens with zero attached hydrogens (tertiary/aromatic N) is 1. The van der Waals surface area contributed by atoms with Gasteiger partial charge in [0.15, 0.2) is 5.60 Å². The highest BCUT2D eigenvalue weighted by molar-refractivity contribution is 7.12. The van der Waals surface area contributed by atoms with Crippen LogP contribution in [0.3, 0.4) is 0 Å². The van der Waals surface area contributed by atoms with Crippen LogP contribution < -0.4 is 4.74 Å². The molecule has 6 heteroatoms. The molecule has 0 bridgehead atoms. The van der Waals surface area contributed by atoms with E-state index in [-0.39, 0.29) is 0 Å². The minimum Gasteiger partial charge on any atom is -0.476 e. The summed E-state index contributed by atoms with van der Waals surface area (Å²) in [7, 11) is 1.32. The number of oxime groups is 1. The van der Waals surface area contributed by atoms with Crippen molar-refractivity contribution in [3.8, 4) is 5.75 Å². The van der Waals surface area contributed by atoms with Gasteiger partial charge in [0.05, 0.1) is 12.0 Å². The molecule has 116 valence electrons. The summed E-state index contributed by atoms with van der Waals surface area (Å²) in [5, 5.41) is 14.5. The van der Waals surface area contributed by atoms with Crippen LogP contribution in [0.2, 0.25) is 0 Å². The zero-order valence-electron chi connectivity index (χ0n) is 12.6. The average molecular weight is 319 g/mol. The molecule has 0 saturated heterocycles. The first-order valence-electron chi connectivity index (χ1n) is 6.61. The lowest BCUT2D eigenvalue weighted by atomic mass is 10.1. The maximum atomic E-state index is 11.6. The molecule has 0 aliphatic carbocycles. The van der Waals surface area contributed by atoms with E-state index < -0.39 is 11.6 Å². The number of carbonyl (C=O) groups excluding carboxylic acids is 1. The minimum atomic E-state index is -1.07. The highest BCUT2D eigenvalue weighted by atomic mass is 32.1. The van der Waals surface area contributed by atoms with Gasteiger partial charge in [0, 0.05) is 5.56 Å². The first-order valence-corrected chi connectivity index (χ1v) is 7.49. The van der Waals surface area contributed by atoms with Crippen LogP contribution in [0.1, 0.15) is 24.3 Å². The molecule has 0 spiro atoms. The Morgan fingerprint density at radius 1 is 1.23 bits per heavy atom. The molecular weight excluding hydrogens is 302 g/mol. The van der Waals surface area contributed by atoms with E-state index in [0.29, 0.717) is 11.5 Å². The van der Waals surface area contributed by atoms with Crippen molar-refractivity contribution >= 4 is 23.0 Å². The Hall–Kier alpha value is -2.34. The fraction of sp³-hybridized carbons (Fsp3) is 0.250. The molecule has 2 aromatic rings. The Bertz CT molecular complexity index is 660. The normalized spacial score (nSPS) is 12.0. The minimum absolute atomic E-state index is 0.451. The van der Waals surface area contributed by atoms with Crippen LogP contribution >= 0.6 is 11.3 Å². The van der Waals surface area contributed by atoms with E-state index in [4.69, 9.17) is 9.47 Å². The summed E-state index contributed by atoms with van der Waals surface area (Å²) in [5.41, 5.74) is 0.180. The van der Waals surface area contributed by atoms with Gasteiger partial charge in [0.25, 0.3) is 0 Å². The van der Waals surface area contributed by atoms with Gasteiger partial charge >= 0.3 is 5.97 Å². The van der Waals surface area contributed by atoms with Gasteiger partial charge in [-0.15, -0.1) is 11.3 Å².